The summed E-state index contributed by atoms with van der Waals surface area (Å²) in [5, 5.41) is 11.1. The SMILES string of the molecule is CC/C=C\C/C=C\C/C=C\C/C=C\CCCCC(CCCCCCCC(=O)NCC(=O)O)OC(=O)CCCCCCCCCCC/C=C\C/C=C\CCCCCCC. The van der Waals surface area contributed by atoms with Crippen LogP contribution in [0.25, 0.3) is 0 Å². The molecule has 0 heterocycles. The summed E-state index contributed by atoms with van der Waals surface area (Å²) in [5.41, 5.74) is 0. The number of allylic oxidation sites excluding steroid dienone is 12. The minimum absolute atomic E-state index is 0.0195. The van der Waals surface area contributed by atoms with E-state index in [9.17, 15) is 14.4 Å². The number of hydrogen-bond acceptors (Lipinski definition) is 4. The highest BCUT2D eigenvalue weighted by molar-refractivity contribution is 5.80. The Morgan fingerprint density at radius 3 is 1.33 bits per heavy atom. The van der Waals surface area contributed by atoms with Crippen LogP contribution in [0.15, 0.2) is 72.9 Å². The number of carboxylic acid groups (broad SMARTS) is 1. The molecule has 0 aliphatic carbocycles. The van der Waals surface area contributed by atoms with Crippen molar-refractivity contribution in [2.24, 2.45) is 0 Å². The summed E-state index contributed by atoms with van der Waals surface area (Å²) in [6, 6.07) is 0. The molecule has 6 heteroatoms. The van der Waals surface area contributed by atoms with Gasteiger partial charge in [0.25, 0.3) is 0 Å². The first-order valence-electron chi connectivity index (χ1n) is 24.1. The van der Waals surface area contributed by atoms with E-state index in [1.165, 1.54) is 89.9 Å². The quantitative estimate of drug-likeness (QED) is 0.0364. The number of ether oxygens (including phenoxy) is 1. The highest BCUT2D eigenvalue weighted by Crippen LogP contribution is 2.18. The molecule has 0 aliphatic heterocycles. The number of rotatable bonds is 43. The zero-order chi connectivity index (χ0) is 42.3. The maximum absolute atomic E-state index is 12.8. The topological polar surface area (TPSA) is 92.7 Å². The zero-order valence-electron chi connectivity index (χ0n) is 37.6. The molecule has 0 saturated carbocycles. The van der Waals surface area contributed by atoms with Gasteiger partial charge in [0.1, 0.15) is 12.6 Å². The molecule has 58 heavy (non-hydrogen) atoms. The third-order valence-electron chi connectivity index (χ3n) is 10.4. The zero-order valence-corrected chi connectivity index (χ0v) is 37.6. The van der Waals surface area contributed by atoms with E-state index in [0.717, 1.165) is 109 Å². The Kier molecular flexibility index (Phi) is 44.0. The summed E-state index contributed by atoms with van der Waals surface area (Å²) in [6.07, 6.45) is 63.2. The summed E-state index contributed by atoms with van der Waals surface area (Å²) in [4.78, 5) is 35.2. The fourth-order valence-electron chi connectivity index (χ4n) is 6.83. The minimum atomic E-state index is -1.02. The van der Waals surface area contributed by atoms with Crippen molar-refractivity contribution in [3.8, 4) is 0 Å². The summed E-state index contributed by atoms with van der Waals surface area (Å²) in [6.45, 7) is 4.10. The Morgan fingerprint density at radius 1 is 0.466 bits per heavy atom. The molecule has 0 aromatic heterocycles. The van der Waals surface area contributed by atoms with Gasteiger partial charge in [-0.1, -0.05) is 177 Å². The molecule has 6 nitrogen and oxygen atoms in total. The van der Waals surface area contributed by atoms with E-state index in [-0.39, 0.29) is 24.5 Å². The molecule has 1 atom stereocenters. The van der Waals surface area contributed by atoms with Crippen LogP contribution >= 0.6 is 0 Å². The number of unbranched alkanes of at least 4 members (excludes halogenated alkanes) is 20. The second-order valence-electron chi connectivity index (χ2n) is 16.0. The molecule has 0 radical (unpaired) electrons. The molecule has 0 rings (SSSR count). The Bertz CT molecular complexity index is 1120. The normalized spacial score (nSPS) is 12.7. The van der Waals surface area contributed by atoms with Crippen molar-refractivity contribution >= 4 is 17.8 Å². The average molecular weight is 808 g/mol. The summed E-state index contributed by atoms with van der Waals surface area (Å²) >= 11 is 0. The van der Waals surface area contributed by atoms with Gasteiger partial charge in [-0.2, -0.15) is 0 Å². The van der Waals surface area contributed by atoms with Gasteiger partial charge < -0.3 is 15.2 Å². The van der Waals surface area contributed by atoms with Crippen LogP contribution in [0, 0.1) is 0 Å². The minimum Gasteiger partial charge on any atom is -0.480 e. The van der Waals surface area contributed by atoms with Crippen LogP contribution in [0.2, 0.25) is 0 Å². The Morgan fingerprint density at radius 2 is 0.845 bits per heavy atom. The van der Waals surface area contributed by atoms with Crippen molar-refractivity contribution in [2.45, 2.75) is 232 Å². The van der Waals surface area contributed by atoms with Crippen molar-refractivity contribution in [3.05, 3.63) is 72.9 Å². The maximum Gasteiger partial charge on any atom is 0.322 e. The second-order valence-corrected chi connectivity index (χ2v) is 16.0. The van der Waals surface area contributed by atoms with Crippen molar-refractivity contribution < 1.29 is 24.2 Å². The lowest BCUT2D eigenvalue weighted by molar-refractivity contribution is -0.150. The highest BCUT2D eigenvalue weighted by Gasteiger charge is 2.14. The van der Waals surface area contributed by atoms with Crippen molar-refractivity contribution in [2.75, 3.05) is 6.54 Å². The summed E-state index contributed by atoms with van der Waals surface area (Å²) < 4.78 is 6.03. The van der Waals surface area contributed by atoms with Gasteiger partial charge in [-0.25, -0.2) is 0 Å². The fourth-order valence-corrected chi connectivity index (χ4v) is 6.83. The van der Waals surface area contributed by atoms with E-state index in [0.29, 0.717) is 12.8 Å². The van der Waals surface area contributed by atoms with Crippen LogP contribution in [0.4, 0.5) is 0 Å². The molecule has 0 aromatic rings. The molecule has 0 fully saturated rings. The smallest absolute Gasteiger partial charge is 0.322 e. The maximum atomic E-state index is 12.8. The molecule has 1 unspecified atom stereocenters. The van der Waals surface area contributed by atoms with Crippen LogP contribution in [0.3, 0.4) is 0 Å². The molecule has 0 aliphatic rings. The lowest BCUT2D eigenvalue weighted by Gasteiger charge is -2.18. The van der Waals surface area contributed by atoms with Gasteiger partial charge in [0, 0.05) is 12.8 Å². The number of esters is 1. The lowest BCUT2D eigenvalue weighted by atomic mass is 10.0. The Hall–Kier alpha value is -3.15. The van der Waals surface area contributed by atoms with E-state index in [1.807, 2.05) is 0 Å². The highest BCUT2D eigenvalue weighted by atomic mass is 16.5. The first kappa shape index (κ1) is 54.9. The number of aliphatic carboxylic acids is 1. The Labute approximate surface area is 357 Å². The van der Waals surface area contributed by atoms with E-state index in [4.69, 9.17) is 9.84 Å². The monoisotopic (exact) mass is 808 g/mol. The van der Waals surface area contributed by atoms with Gasteiger partial charge in [-0.15, -0.1) is 0 Å². The predicted octanol–water partition coefficient (Wildman–Crippen LogP) is 15.3. The van der Waals surface area contributed by atoms with Gasteiger partial charge >= 0.3 is 11.9 Å². The second kappa shape index (κ2) is 46.5. The van der Waals surface area contributed by atoms with Crippen molar-refractivity contribution in [1.82, 2.24) is 5.32 Å². The van der Waals surface area contributed by atoms with Crippen LogP contribution in [0.1, 0.15) is 226 Å². The number of nitrogens with one attached hydrogen (secondary N) is 1. The Balaban J connectivity index is 4.20. The van der Waals surface area contributed by atoms with E-state index >= 15 is 0 Å². The van der Waals surface area contributed by atoms with Crippen LogP contribution in [0.5, 0.6) is 0 Å². The van der Waals surface area contributed by atoms with E-state index in [2.05, 4.69) is 92.1 Å². The molecule has 332 valence electrons. The summed E-state index contributed by atoms with van der Waals surface area (Å²) in [5.74, 6) is -1.27. The standard InChI is InChI=1S/C52H89NO5/c1-3-5-7-9-11-13-15-17-19-20-21-22-23-24-26-28-30-32-34-39-43-47-52(57)58-49(45-41-37-35-38-42-46-50(54)53-48-51(55)56)44-40-36-33-31-29-27-25-18-16-14-12-10-8-6-4-2/h6,8,12,14-15,17-18,20-21,25,29,31,49H,3-5,7,9-11,13,16,19,22-24,26-28,30,32-48H2,1-2H3,(H,53,54)(H,55,56)/b8-6-,14-12-,17-15-,21-20-,25-18-,31-29-. The van der Waals surface area contributed by atoms with Gasteiger partial charge in [0.05, 0.1) is 0 Å². The third kappa shape index (κ3) is 45.6. The first-order valence-corrected chi connectivity index (χ1v) is 24.1. The molecule has 2 N–H and O–H groups in total. The number of carbonyl (C=O) groups excluding carboxylic acids is 2. The number of carbonyl (C=O) groups is 3. The number of carboxylic acids is 1. The van der Waals surface area contributed by atoms with Gasteiger partial charge in [0.15, 0.2) is 0 Å². The number of hydrogen-bond donors (Lipinski definition) is 2. The van der Waals surface area contributed by atoms with Gasteiger partial charge in [-0.05, 0) is 109 Å². The molecular formula is C52H89NO5. The molecular weight excluding hydrogens is 719 g/mol. The van der Waals surface area contributed by atoms with Crippen LogP contribution in [-0.4, -0.2) is 35.6 Å². The molecule has 0 bridgehead atoms. The van der Waals surface area contributed by atoms with Crippen molar-refractivity contribution in [1.29, 1.82) is 0 Å². The van der Waals surface area contributed by atoms with Crippen LogP contribution < -0.4 is 5.32 Å². The van der Waals surface area contributed by atoms with E-state index in [1.54, 1.807) is 0 Å². The predicted molar refractivity (Wildman–Crippen MR) is 249 cm³/mol. The molecule has 1 amide bonds. The fraction of sp³-hybridized carbons (Fsp3) is 0.712. The largest absolute Gasteiger partial charge is 0.480 e. The molecule has 0 spiro atoms. The van der Waals surface area contributed by atoms with Crippen molar-refractivity contribution in [3.63, 3.8) is 0 Å². The summed E-state index contributed by atoms with van der Waals surface area (Å²) in [7, 11) is 0. The molecule has 0 saturated heterocycles. The average Bonchev–Trinajstić information content (AvgIpc) is 3.21. The number of amides is 1. The lowest BCUT2D eigenvalue weighted by Crippen LogP contribution is -2.28. The van der Waals surface area contributed by atoms with Gasteiger partial charge in [0.2, 0.25) is 5.91 Å². The first-order chi connectivity index (χ1) is 28.5. The molecule has 0 aromatic carbocycles. The third-order valence-corrected chi connectivity index (χ3v) is 10.4. The van der Waals surface area contributed by atoms with E-state index < -0.39 is 5.97 Å². The van der Waals surface area contributed by atoms with Crippen LogP contribution in [-0.2, 0) is 19.1 Å². The van der Waals surface area contributed by atoms with Gasteiger partial charge in [-0.3, -0.25) is 14.4 Å².